The number of rotatable bonds is 6. The van der Waals surface area contributed by atoms with E-state index in [1.807, 2.05) is 19.1 Å². The summed E-state index contributed by atoms with van der Waals surface area (Å²) >= 11 is 0. The number of pyridine rings is 1. The molecule has 3 N–H and O–H groups in total. The molecule has 4 aromatic rings. The lowest BCUT2D eigenvalue weighted by Gasteiger charge is -2.18. The number of para-hydroxylation sites is 1. The van der Waals surface area contributed by atoms with E-state index in [1.54, 1.807) is 54.4 Å². The Hall–Kier alpha value is -5.14. The Morgan fingerprint density at radius 2 is 2.08 bits per heavy atom. The van der Waals surface area contributed by atoms with E-state index in [0.717, 1.165) is 10.9 Å². The number of hydrogen-bond donors (Lipinski definition) is 3. The maximum atomic E-state index is 13.0. The van der Waals surface area contributed by atoms with Crippen LogP contribution in [0.25, 0.3) is 17.0 Å². The SMILES string of the molecule is Cc1oc2c(Oc3ccc(C#N)cc3)cccc2c1CN(C)C(=O)/C=C/c1cnc2c(c1)NC[C@@](C)(O)C(=O)N2. The highest BCUT2D eigenvalue weighted by Gasteiger charge is 2.33. The van der Waals surface area contributed by atoms with Crippen molar-refractivity contribution in [3.63, 3.8) is 0 Å². The normalized spacial score (nSPS) is 16.5. The molecular weight excluding hydrogens is 510 g/mol. The second kappa shape index (κ2) is 10.6. The van der Waals surface area contributed by atoms with Gasteiger partial charge >= 0.3 is 0 Å². The zero-order valence-corrected chi connectivity index (χ0v) is 22.2. The van der Waals surface area contributed by atoms with Crippen LogP contribution in [0.2, 0.25) is 0 Å². The predicted molar refractivity (Wildman–Crippen MR) is 150 cm³/mol. The van der Waals surface area contributed by atoms with Gasteiger partial charge in [-0.25, -0.2) is 4.98 Å². The largest absolute Gasteiger partial charge is 0.457 e. The molecule has 0 spiro atoms. The number of aromatic nitrogens is 1. The lowest BCUT2D eigenvalue weighted by Crippen LogP contribution is -2.43. The van der Waals surface area contributed by atoms with Crippen LogP contribution in [0.3, 0.4) is 0 Å². The molecule has 0 saturated heterocycles. The molecule has 0 radical (unpaired) electrons. The van der Waals surface area contributed by atoms with Crippen LogP contribution >= 0.6 is 0 Å². The zero-order valence-electron chi connectivity index (χ0n) is 22.2. The van der Waals surface area contributed by atoms with Crippen molar-refractivity contribution in [2.45, 2.75) is 26.0 Å². The third-order valence-electron chi connectivity index (χ3n) is 6.64. The highest BCUT2D eigenvalue weighted by Crippen LogP contribution is 2.35. The summed E-state index contributed by atoms with van der Waals surface area (Å²) in [7, 11) is 1.70. The Balaban J connectivity index is 1.30. The van der Waals surface area contributed by atoms with Gasteiger partial charge < -0.3 is 29.8 Å². The Labute approximate surface area is 230 Å². The van der Waals surface area contributed by atoms with Crippen molar-refractivity contribution in [3.05, 3.63) is 83.3 Å². The summed E-state index contributed by atoms with van der Waals surface area (Å²) in [5.41, 5.74) is 1.61. The van der Waals surface area contributed by atoms with Crippen LogP contribution in [0.15, 0.2) is 65.2 Å². The molecule has 0 unspecified atom stereocenters. The van der Waals surface area contributed by atoms with Gasteiger partial charge in [-0.15, -0.1) is 0 Å². The molecular formula is C30H27N5O5. The maximum absolute atomic E-state index is 13.0. The number of nitrogens with one attached hydrogen (secondary N) is 2. The van der Waals surface area contributed by atoms with Crippen molar-refractivity contribution in [1.29, 1.82) is 5.26 Å². The number of amides is 2. The standard InChI is InChI=1S/C30H27N5O5/c1-18-23(22-5-4-6-25(27(22)39-18)40-21-10-7-19(14-31)8-11-21)16-35(3)26(36)12-9-20-13-24-28(32-15-20)34-29(37)30(2,38)17-33-24/h4-13,15,33,38H,16-17H2,1-3H3,(H,32,34,37)/b12-9+/t30-/m1/s1. The summed E-state index contributed by atoms with van der Waals surface area (Å²) in [5, 5.41) is 25.7. The molecule has 1 aliphatic heterocycles. The first-order valence-electron chi connectivity index (χ1n) is 12.5. The summed E-state index contributed by atoms with van der Waals surface area (Å²) in [6, 6.07) is 16.2. The van der Waals surface area contributed by atoms with Gasteiger partial charge in [0.2, 0.25) is 5.91 Å². The summed E-state index contributed by atoms with van der Waals surface area (Å²) in [5.74, 6) is 1.34. The van der Waals surface area contributed by atoms with Crippen LogP contribution in [0.1, 0.15) is 29.4 Å². The number of carbonyl (C=O) groups excluding carboxylic acids is 2. The van der Waals surface area contributed by atoms with Crippen LogP contribution in [0, 0.1) is 18.3 Å². The van der Waals surface area contributed by atoms with Gasteiger partial charge in [0.1, 0.15) is 11.5 Å². The summed E-state index contributed by atoms with van der Waals surface area (Å²) in [6.45, 7) is 3.61. The minimum atomic E-state index is -1.57. The van der Waals surface area contributed by atoms with E-state index < -0.39 is 11.5 Å². The number of fused-ring (bicyclic) bond motifs is 2. The first-order chi connectivity index (χ1) is 19.1. The number of hydrogen-bond acceptors (Lipinski definition) is 8. The molecule has 2 aromatic heterocycles. The minimum Gasteiger partial charge on any atom is -0.457 e. The fourth-order valence-corrected chi connectivity index (χ4v) is 4.27. The van der Waals surface area contributed by atoms with Crippen LogP contribution in [0.5, 0.6) is 11.5 Å². The second-order valence-electron chi connectivity index (χ2n) is 9.78. The number of aliphatic hydroxyl groups is 1. The number of nitrogens with zero attached hydrogens (tertiary/aromatic N) is 3. The lowest BCUT2D eigenvalue weighted by molar-refractivity contribution is -0.131. The lowest BCUT2D eigenvalue weighted by atomic mass is 10.1. The zero-order chi connectivity index (χ0) is 28.4. The van der Waals surface area contributed by atoms with E-state index in [9.17, 15) is 14.7 Å². The number of β-amino-alcohol motifs (C(OH)–C–C–N with tert-alkyl or cyclic N) is 1. The molecule has 5 rings (SSSR count). The van der Waals surface area contributed by atoms with Gasteiger partial charge in [-0.3, -0.25) is 9.59 Å². The number of nitriles is 1. The number of benzene rings is 2. The fourth-order valence-electron chi connectivity index (χ4n) is 4.27. The molecule has 2 aromatic carbocycles. The molecule has 10 nitrogen and oxygen atoms in total. The highest BCUT2D eigenvalue weighted by atomic mass is 16.5. The summed E-state index contributed by atoms with van der Waals surface area (Å²) in [6.07, 6.45) is 4.63. The van der Waals surface area contributed by atoms with E-state index in [1.165, 1.54) is 19.2 Å². The van der Waals surface area contributed by atoms with Gasteiger partial charge in [0.25, 0.3) is 5.91 Å². The molecule has 3 heterocycles. The number of likely N-dealkylation sites (N-methyl/N-ethyl adjacent to an activating group) is 1. The number of anilines is 2. The van der Waals surface area contributed by atoms with Crippen molar-refractivity contribution in [2.75, 3.05) is 24.2 Å². The first-order valence-corrected chi connectivity index (χ1v) is 12.5. The van der Waals surface area contributed by atoms with Crippen LogP contribution in [-0.4, -0.2) is 46.0 Å². The van der Waals surface area contributed by atoms with E-state index in [2.05, 4.69) is 21.7 Å². The van der Waals surface area contributed by atoms with E-state index >= 15 is 0 Å². The van der Waals surface area contributed by atoms with E-state index in [0.29, 0.717) is 52.0 Å². The molecule has 1 aliphatic rings. The van der Waals surface area contributed by atoms with E-state index in [4.69, 9.17) is 14.4 Å². The van der Waals surface area contributed by atoms with Crippen LogP contribution < -0.4 is 15.4 Å². The molecule has 40 heavy (non-hydrogen) atoms. The Morgan fingerprint density at radius 3 is 2.83 bits per heavy atom. The fraction of sp³-hybridized carbons (Fsp3) is 0.200. The number of aryl methyl sites for hydroxylation is 1. The molecule has 0 saturated carbocycles. The molecule has 2 amide bonds. The van der Waals surface area contributed by atoms with Gasteiger partial charge in [0.15, 0.2) is 22.8 Å². The Morgan fingerprint density at radius 1 is 1.30 bits per heavy atom. The van der Waals surface area contributed by atoms with Crippen molar-refractivity contribution in [1.82, 2.24) is 9.88 Å². The third-order valence-corrected chi connectivity index (χ3v) is 6.64. The van der Waals surface area contributed by atoms with Crippen LogP contribution in [0.4, 0.5) is 11.5 Å². The first kappa shape index (κ1) is 26.5. The van der Waals surface area contributed by atoms with Crippen molar-refractivity contribution < 1.29 is 23.8 Å². The monoisotopic (exact) mass is 537 g/mol. The average Bonchev–Trinajstić information content (AvgIpc) is 3.21. The topological polar surface area (TPSA) is 141 Å². The molecule has 0 fully saturated rings. The molecule has 0 bridgehead atoms. The van der Waals surface area contributed by atoms with Crippen molar-refractivity contribution >= 4 is 40.4 Å². The van der Waals surface area contributed by atoms with Crippen LogP contribution in [-0.2, 0) is 16.1 Å². The smallest absolute Gasteiger partial charge is 0.259 e. The summed E-state index contributed by atoms with van der Waals surface area (Å²) in [4.78, 5) is 30.9. The minimum absolute atomic E-state index is 0.0284. The van der Waals surface area contributed by atoms with E-state index in [-0.39, 0.29) is 12.5 Å². The van der Waals surface area contributed by atoms with Crippen molar-refractivity contribution in [3.8, 4) is 17.6 Å². The average molecular weight is 538 g/mol. The Bertz CT molecular complexity index is 1680. The van der Waals surface area contributed by atoms with Gasteiger partial charge in [-0.05, 0) is 61.9 Å². The molecule has 202 valence electrons. The van der Waals surface area contributed by atoms with Crippen molar-refractivity contribution in [2.24, 2.45) is 0 Å². The number of ether oxygens (including phenoxy) is 1. The summed E-state index contributed by atoms with van der Waals surface area (Å²) < 4.78 is 12.1. The second-order valence-corrected chi connectivity index (χ2v) is 9.78. The Kier molecular flexibility index (Phi) is 6.98. The van der Waals surface area contributed by atoms with Gasteiger partial charge in [0, 0.05) is 36.8 Å². The molecule has 10 heteroatoms. The van der Waals surface area contributed by atoms with Gasteiger partial charge in [-0.1, -0.05) is 12.1 Å². The number of carbonyl (C=O) groups is 2. The predicted octanol–water partition coefficient (Wildman–Crippen LogP) is 4.59. The molecule has 0 aliphatic carbocycles. The maximum Gasteiger partial charge on any atom is 0.259 e. The molecule has 1 atom stereocenters. The van der Waals surface area contributed by atoms with Gasteiger partial charge in [0.05, 0.1) is 23.9 Å². The number of furan rings is 1. The third kappa shape index (κ3) is 5.36. The van der Waals surface area contributed by atoms with Gasteiger partial charge in [-0.2, -0.15) is 5.26 Å². The quantitative estimate of drug-likeness (QED) is 0.304. The highest BCUT2D eigenvalue weighted by molar-refractivity contribution is 6.00.